The molecule has 6 heteroatoms. The van der Waals surface area contributed by atoms with E-state index in [9.17, 15) is 13.6 Å². The highest BCUT2D eigenvalue weighted by molar-refractivity contribution is 6.30. The number of rotatable bonds is 4. The summed E-state index contributed by atoms with van der Waals surface area (Å²) in [5.74, 6) is -1.88. The molecule has 3 nitrogen and oxygen atoms in total. The van der Waals surface area contributed by atoms with E-state index >= 15 is 0 Å². The van der Waals surface area contributed by atoms with E-state index in [1.165, 1.54) is 25.1 Å². The largest absolute Gasteiger partial charge is 0.502 e. The monoisotopic (exact) mass is 264 g/mol. The molecule has 94 valence electrons. The Kier molecular flexibility index (Phi) is 4.28. The highest BCUT2D eigenvalue weighted by atomic mass is 35.5. The molecule has 0 heterocycles. The minimum Gasteiger partial charge on any atom is -0.459 e. The Hall–Kier alpha value is -1.36. The Balaban J connectivity index is 2.89. The van der Waals surface area contributed by atoms with Crippen molar-refractivity contribution in [3.05, 3.63) is 28.8 Å². The molecule has 0 aliphatic rings. The highest BCUT2D eigenvalue weighted by Gasteiger charge is 2.44. The minimum atomic E-state index is -4.02. The number of esters is 1. The average molecular weight is 265 g/mol. The molecule has 0 radical (unpaired) electrons. The zero-order chi connectivity index (χ0) is 13.1. The summed E-state index contributed by atoms with van der Waals surface area (Å²) in [4.78, 5) is 10.9. The van der Waals surface area contributed by atoms with Crippen molar-refractivity contribution in [1.29, 1.82) is 0 Å². The lowest BCUT2D eigenvalue weighted by Gasteiger charge is -2.17. The van der Waals surface area contributed by atoms with Crippen molar-refractivity contribution in [1.82, 2.24) is 0 Å². The first kappa shape index (κ1) is 13.7. The maximum atomic E-state index is 13.3. The van der Waals surface area contributed by atoms with E-state index in [4.69, 9.17) is 11.6 Å². The Morgan fingerprint density at radius 2 is 2.12 bits per heavy atom. The predicted molar refractivity (Wildman–Crippen MR) is 58.4 cm³/mol. The third-order valence-corrected chi connectivity index (χ3v) is 2.14. The molecule has 0 saturated heterocycles. The van der Waals surface area contributed by atoms with Gasteiger partial charge in [-0.25, -0.2) is 4.79 Å². The second-order valence-electron chi connectivity index (χ2n) is 3.25. The van der Waals surface area contributed by atoms with Crippen LogP contribution in [0.5, 0.6) is 5.75 Å². The molecule has 0 spiro atoms. The van der Waals surface area contributed by atoms with Crippen LogP contribution in [0.1, 0.15) is 12.5 Å². The summed E-state index contributed by atoms with van der Waals surface area (Å²) in [6, 6.07) is 4.26. The first-order valence-corrected chi connectivity index (χ1v) is 5.25. The number of benzene rings is 1. The Labute approximate surface area is 102 Å². The van der Waals surface area contributed by atoms with Gasteiger partial charge in [0, 0.05) is 5.02 Å². The van der Waals surface area contributed by atoms with Crippen molar-refractivity contribution < 1.29 is 23.0 Å². The van der Waals surface area contributed by atoms with Gasteiger partial charge in [-0.2, -0.15) is 8.78 Å². The van der Waals surface area contributed by atoms with E-state index < -0.39 is 12.1 Å². The molecule has 1 aromatic carbocycles. The van der Waals surface area contributed by atoms with E-state index in [1.54, 1.807) is 6.92 Å². The topological polar surface area (TPSA) is 35.5 Å². The molecule has 0 bridgehead atoms. The normalized spacial score (nSPS) is 11.1. The third-order valence-electron chi connectivity index (χ3n) is 1.90. The van der Waals surface area contributed by atoms with Crippen molar-refractivity contribution in [2.75, 3.05) is 6.61 Å². The number of aryl methyl sites for hydroxylation is 1. The summed E-state index contributed by atoms with van der Waals surface area (Å²) in [6.07, 6.45) is -4.02. The van der Waals surface area contributed by atoms with Crippen molar-refractivity contribution in [3.63, 3.8) is 0 Å². The lowest BCUT2D eigenvalue weighted by molar-refractivity contribution is -0.216. The number of ether oxygens (including phenoxy) is 2. The summed E-state index contributed by atoms with van der Waals surface area (Å²) >= 11 is 5.65. The molecule has 0 amide bonds. The predicted octanol–water partition coefficient (Wildman–Crippen LogP) is 3.18. The van der Waals surface area contributed by atoms with E-state index in [0.29, 0.717) is 5.56 Å². The van der Waals surface area contributed by atoms with Crippen LogP contribution in [0.4, 0.5) is 8.78 Å². The van der Waals surface area contributed by atoms with Crippen LogP contribution in [0.15, 0.2) is 18.2 Å². The summed E-state index contributed by atoms with van der Waals surface area (Å²) in [5, 5.41) is 0.241. The molecule has 0 aromatic heterocycles. The maximum absolute atomic E-state index is 13.3. The van der Waals surface area contributed by atoms with E-state index in [-0.39, 0.29) is 17.4 Å². The number of alkyl halides is 2. The van der Waals surface area contributed by atoms with E-state index in [1.807, 2.05) is 0 Å². The standard InChI is InChI=1S/C11H11ClF2O3/c1-3-16-10(15)11(13,14)17-9-6-8(12)5-4-7(9)2/h4-6H,3H2,1-2H3. The maximum Gasteiger partial charge on any atom is 0.502 e. The van der Waals surface area contributed by atoms with Crippen LogP contribution >= 0.6 is 11.6 Å². The number of hydrogen-bond acceptors (Lipinski definition) is 3. The molecule has 0 unspecified atom stereocenters. The van der Waals surface area contributed by atoms with Crippen LogP contribution in [0, 0.1) is 6.92 Å². The summed E-state index contributed by atoms with van der Waals surface area (Å²) in [6.45, 7) is 2.85. The van der Waals surface area contributed by atoms with Gasteiger partial charge in [-0.1, -0.05) is 17.7 Å². The van der Waals surface area contributed by atoms with Gasteiger partial charge in [-0.15, -0.1) is 0 Å². The van der Waals surface area contributed by atoms with Crippen LogP contribution in [0.3, 0.4) is 0 Å². The molecule has 0 aliphatic heterocycles. The third kappa shape index (κ3) is 3.56. The van der Waals surface area contributed by atoms with Crippen LogP contribution in [-0.4, -0.2) is 18.7 Å². The van der Waals surface area contributed by atoms with Gasteiger partial charge in [0.2, 0.25) is 0 Å². The fourth-order valence-corrected chi connectivity index (χ4v) is 1.24. The zero-order valence-electron chi connectivity index (χ0n) is 9.30. The molecule has 0 saturated carbocycles. The molecule has 1 aromatic rings. The van der Waals surface area contributed by atoms with Crippen LogP contribution in [-0.2, 0) is 9.53 Å². The first-order chi connectivity index (χ1) is 7.86. The van der Waals surface area contributed by atoms with Crippen LogP contribution < -0.4 is 4.74 Å². The Morgan fingerprint density at radius 3 is 2.71 bits per heavy atom. The van der Waals surface area contributed by atoms with Crippen molar-refractivity contribution in [2.24, 2.45) is 0 Å². The second-order valence-corrected chi connectivity index (χ2v) is 3.69. The quantitative estimate of drug-likeness (QED) is 0.784. The fourth-order valence-electron chi connectivity index (χ4n) is 1.08. The molecule has 0 fully saturated rings. The molecular weight excluding hydrogens is 254 g/mol. The zero-order valence-corrected chi connectivity index (χ0v) is 10.1. The average Bonchev–Trinajstić information content (AvgIpc) is 2.23. The number of carbonyl (C=O) groups is 1. The summed E-state index contributed by atoms with van der Waals surface area (Å²) in [5.41, 5.74) is 0.443. The van der Waals surface area contributed by atoms with Crippen molar-refractivity contribution >= 4 is 17.6 Å². The Morgan fingerprint density at radius 1 is 1.47 bits per heavy atom. The lowest BCUT2D eigenvalue weighted by atomic mass is 10.2. The van der Waals surface area contributed by atoms with Crippen LogP contribution in [0.25, 0.3) is 0 Å². The minimum absolute atomic E-state index is 0.147. The van der Waals surface area contributed by atoms with Crippen LogP contribution in [0.2, 0.25) is 5.02 Å². The molecule has 1 rings (SSSR count). The summed E-state index contributed by atoms with van der Waals surface area (Å²) in [7, 11) is 0. The number of halogens is 3. The highest BCUT2D eigenvalue weighted by Crippen LogP contribution is 2.28. The Bertz CT molecular complexity index is 421. The summed E-state index contributed by atoms with van der Waals surface area (Å²) < 4.78 is 35.1. The van der Waals surface area contributed by atoms with Gasteiger partial charge in [-0.05, 0) is 31.5 Å². The van der Waals surface area contributed by atoms with Gasteiger partial charge in [0.15, 0.2) is 0 Å². The fraction of sp³-hybridized carbons (Fsp3) is 0.364. The molecule has 0 N–H and O–H groups in total. The number of hydrogen-bond donors (Lipinski definition) is 0. The molecule has 0 atom stereocenters. The van der Waals surface area contributed by atoms with E-state index in [0.717, 1.165) is 0 Å². The van der Waals surface area contributed by atoms with Crippen molar-refractivity contribution in [2.45, 2.75) is 20.0 Å². The first-order valence-electron chi connectivity index (χ1n) is 4.87. The molecule has 17 heavy (non-hydrogen) atoms. The molecule has 0 aliphatic carbocycles. The van der Waals surface area contributed by atoms with Gasteiger partial charge in [-0.3, -0.25) is 0 Å². The second kappa shape index (κ2) is 5.31. The van der Waals surface area contributed by atoms with Gasteiger partial charge < -0.3 is 9.47 Å². The van der Waals surface area contributed by atoms with Crippen molar-refractivity contribution in [3.8, 4) is 5.75 Å². The lowest BCUT2D eigenvalue weighted by Crippen LogP contribution is -2.37. The van der Waals surface area contributed by atoms with Gasteiger partial charge in [0.05, 0.1) is 6.61 Å². The van der Waals surface area contributed by atoms with E-state index in [2.05, 4.69) is 9.47 Å². The van der Waals surface area contributed by atoms with Gasteiger partial charge in [0.1, 0.15) is 5.75 Å². The molecular formula is C11H11ClF2O3. The van der Waals surface area contributed by atoms with Gasteiger partial charge >= 0.3 is 12.1 Å². The smallest absolute Gasteiger partial charge is 0.459 e. The van der Waals surface area contributed by atoms with Gasteiger partial charge in [0.25, 0.3) is 0 Å². The SMILES string of the molecule is CCOC(=O)C(F)(F)Oc1cc(Cl)ccc1C. The number of carbonyl (C=O) groups excluding carboxylic acids is 1.